The van der Waals surface area contributed by atoms with E-state index in [1.165, 1.54) is 0 Å². The molecule has 432 valence electrons. The van der Waals surface area contributed by atoms with Crippen LogP contribution in [0.1, 0.15) is 108 Å². The Hall–Kier alpha value is -7.09. The Morgan fingerprint density at radius 3 is 1.56 bits per heavy atom. The number of carbonyl (C=O) groups excluding carboxylic acids is 11. The monoisotopic (exact) mass is 1100 g/mol. The lowest BCUT2D eigenvalue weighted by atomic mass is 9.95. The van der Waals surface area contributed by atoms with Crippen molar-refractivity contribution in [3.8, 4) is 5.75 Å². The summed E-state index contributed by atoms with van der Waals surface area (Å²) in [5.74, 6) is -15.5. The Balaban J connectivity index is 2.68. The average molecular weight is 1100 g/mol. The van der Waals surface area contributed by atoms with Gasteiger partial charge in [-0.2, -0.15) is 0 Å². The number of rotatable bonds is 24. The average Bonchev–Trinajstić information content (AvgIpc) is 3.37. The highest BCUT2D eigenvalue weighted by atomic mass is 16.4. The molecule has 0 aliphatic carbocycles. The van der Waals surface area contributed by atoms with Crippen molar-refractivity contribution in [2.75, 3.05) is 19.8 Å². The van der Waals surface area contributed by atoms with Gasteiger partial charge in [-0.05, 0) is 30.5 Å². The van der Waals surface area contributed by atoms with Crippen LogP contribution < -0.4 is 59.7 Å². The first kappa shape index (κ1) is 66.0. The molecule has 0 radical (unpaired) electrons. The molecular formula is C47H75N11O19. The fraction of sp³-hybridized carbons (Fsp3) is 0.638. The van der Waals surface area contributed by atoms with Crippen molar-refractivity contribution in [2.45, 2.75) is 170 Å². The Kier molecular flexibility index (Phi) is 29.0. The maximum atomic E-state index is 14.0. The molecule has 30 heteroatoms. The third-order valence-electron chi connectivity index (χ3n) is 12.2. The van der Waals surface area contributed by atoms with Gasteiger partial charge in [-0.1, -0.05) is 76.8 Å². The summed E-state index contributed by atoms with van der Waals surface area (Å²) in [4.78, 5) is 145. The molecule has 0 spiro atoms. The van der Waals surface area contributed by atoms with Gasteiger partial charge in [-0.3, -0.25) is 52.7 Å². The molecule has 0 saturated carbocycles. The number of nitrogens with one attached hydrogen (secondary N) is 8. The molecule has 77 heavy (non-hydrogen) atoms. The summed E-state index contributed by atoms with van der Waals surface area (Å²) < 4.78 is 0. The second-order valence-electron chi connectivity index (χ2n) is 18.5. The Bertz CT molecular complexity index is 2170. The second-order valence-corrected chi connectivity index (χ2v) is 18.5. The normalized spacial score (nSPS) is 24.0. The van der Waals surface area contributed by atoms with E-state index in [1.807, 2.05) is 21.3 Å². The first-order chi connectivity index (χ1) is 36.3. The molecule has 1 aliphatic heterocycles. The number of aromatic hydroxyl groups is 1. The molecule has 1 saturated heterocycles. The lowest BCUT2D eigenvalue weighted by Crippen LogP contribution is -2.63. The Labute approximate surface area is 442 Å². The minimum Gasteiger partial charge on any atom is -0.508 e. The van der Waals surface area contributed by atoms with E-state index >= 15 is 0 Å². The number of phenols is 1. The van der Waals surface area contributed by atoms with Gasteiger partial charge < -0.3 is 101 Å². The number of hydrogen-bond donors (Lipinski definition) is 19. The number of carbonyl (C=O) groups is 11. The fourth-order valence-electron chi connectivity index (χ4n) is 7.87. The molecule has 0 aromatic heterocycles. The maximum Gasteiger partial charge on any atom is 0.248 e. The number of unbranched alkanes of at least 4 members (excludes halogenated alkanes) is 8. The van der Waals surface area contributed by atoms with Crippen LogP contribution in [0.3, 0.4) is 0 Å². The second kappa shape index (κ2) is 33.8. The zero-order chi connectivity index (χ0) is 57.9. The highest BCUT2D eigenvalue weighted by Crippen LogP contribution is 2.21. The molecule has 30 nitrogen and oxygen atoms in total. The van der Waals surface area contributed by atoms with Gasteiger partial charge in [0.15, 0.2) is 6.10 Å². The number of hydrogen-bond acceptors (Lipinski definition) is 19. The van der Waals surface area contributed by atoms with Crippen molar-refractivity contribution in [2.24, 2.45) is 17.2 Å². The zero-order valence-corrected chi connectivity index (χ0v) is 42.6. The maximum absolute atomic E-state index is 14.0. The summed E-state index contributed by atoms with van der Waals surface area (Å²) in [5, 5.41) is 102. The number of primary amides is 3. The first-order valence-corrected chi connectivity index (χ1v) is 25.0. The molecule has 1 aromatic rings. The van der Waals surface area contributed by atoms with Gasteiger partial charge in [0.1, 0.15) is 54.2 Å². The van der Waals surface area contributed by atoms with Crippen LogP contribution in [0.5, 0.6) is 5.75 Å². The standard InChI is InChI=1S/C47H75N11O19/c1-2-3-4-5-6-7-8-9-10-11-30(62)39(69)31(63)16-24-17-34(66)54-28(21-59)44(74)57-36(38(68)23-12-14-25(61)15-13-23)47(77)55-26(18-32(48)64)42(72)51-20-35(67)53-27(19-33(49)65)43(73)56-29(22-60)45(75)58-37(46(76)52-24)40(70)41(50)71/h12-15,24,26-31,36-40,59-63,68-70H,2-11,16-22H2,1H3,(H2,48,64)(H2,49,65)(H2,50,71)(H,51,72)(H,52,76)(H,53,67)(H,54,66)(H,55,77)(H,56,73)(H,57,74)(H,58,75)/t24-,26-,27+,28-,29+,30+,31-,36+,37+,38-,39-,40-/m1/s1. The molecule has 12 atom stereocenters. The number of benzene rings is 1. The van der Waals surface area contributed by atoms with E-state index in [0.717, 1.165) is 69.2 Å². The zero-order valence-electron chi connectivity index (χ0n) is 42.6. The topological polar surface area (TPSA) is 524 Å². The highest BCUT2D eigenvalue weighted by Gasteiger charge is 2.39. The predicted molar refractivity (Wildman–Crippen MR) is 266 cm³/mol. The molecule has 1 heterocycles. The van der Waals surface area contributed by atoms with Crippen LogP contribution in [0.15, 0.2) is 24.3 Å². The van der Waals surface area contributed by atoms with E-state index in [2.05, 4.69) is 28.2 Å². The van der Waals surface area contributed by atoms with Crippen molar-refractivity contribution in [1.82, 2.24) is 42.5 Å². The van der Waals surface area contributed by atoms with Crippen LogP contribution in [0, 0.1) is 0 Å². The lowest BCUT2D eigenvalue weighted by Gasteiger charge is -2.30. The van der Waals surface area contributed by atoms with Gasteiger partial charge in [0.2, 0.25) is 65.0 Å². The van der Waals surface area contributed by atoms with Crippen LogP contribution >= 0.6 is 0 Å². The van der Waals surface area contributed by atoms with E-state index in [1.54, 1.807) is 0 Å². The Morgan fingerprint density at radius 2 is 1.03 bits per heavy atom. The van der Waals surface area contributed by atoms with Crippen molar-refractivity contribution < 1.29 is 93.6 Å². The highest BCUT2D eigenvalue weighted by molar-refractivity contribution is 6.00. The molecule has 2 rings (SSSR count). The molecule has 1 fully saturated rings. The molecular weight excluding hydrogens is 1020 g/mol. The van der Waals surface area contributed by atoms with Gasteiger partial charge in [0.05, 0.1) is 44.8 Å². The van der Waals surface area contributed by atoms with Crippen LogP contribution in [-0.4, -0.2) is 192 Å². The quantitative estimate of drug-likeness (QED) is 0.0428. The van der Waals surface area contributed by atoms with Crippen LogP contribution in [0.25, 0.3) is 0 Å². The minimum atomic E-state index is -2.62. The van der Waals surface area contributed by atoms with Gasteiger partial charge in [-0.15, -0.1) is 0 Å². The van der Waals surface area contributed by atoms with Crippen molar-refractivity contribution in [3.05, 3.63) is 29.8 Å². The molecule has 0 unspecified atom stereocenters. The summed E-state index contributed by atoms with van der Waals surface area (Å²) in [5.41, 5.74) is 15.7. The van der Waals surface area contributed by atoms with Gasteiger partial charge in [0.25, 0.3) is 0 Å². The first-order valence-electron chi connectivity index (χ1n) is 25.0. The SMILES string of the molecule is CCCCCCCCCCC[C@H](O)[C@@H](O)[C@H](O)C[C@@H]1CC(=O)N[C@H](CO)C(=O)N[C@@H]([C@H](O)c2ccc(O)cc2)C(=O)N[C@H](CC(N)=O)C(=O)NCC(=O)N[C@@H](CC(N)=O)C(=O)N[C@@H](CO)C(=O)N[C@@H]([C@@H](O)C(N)=O)C(=O)N1. The van der Waals surface area contributed by atoms with E-state index in [-0.39, 0.29) is 17.7 Å². The fourth-order valence-corrected chi connectivity index (χ4v) is 7.87. The molecule has 11 amide bonds. The van der Waals surface area contributed by atoms with Crippen molar-refractivity contribution >= 4 is 65.0 Å². The predicted octanol–water partition coefficient (Wildman–Crippen LogP) is -7.69. The van der Waals surface area contributed by atoms with E-state index in [9.17, 15) is 93.6 Å². The third-order valence-corrected chi connectivity index (χ3v) is 12.2. The number of aliphatic hydroxyl groups is 7. The molecule has 1 aromatic carbocycles. The van der Waals surface area contributed by atoms with Crippen LogP contribution in [-0.2, 0) is 52.7 Å². The van der Waals surface area contributed by atoms with Gasteiger partial charge in [-0.25, -0.2) is 0 Å². The van der Waals surface area contributed by atoms with Gasteiger partial charge >= 0.3 is 0 Å². The van der Waals surface area contributed by atoms with E-state index < -0.39 is 183 Å². The lowest BCUT2D eigenvalue weighted by molar-refractivity contribution is -0.140. The Morgan fingerprint density at radius 1 is 0.558 bits per heavy atom. The minimum absolute atomic E-state index is 0.00936. The molecule has 22 N–H and O–H groups in total. The summed E-state index contributed by atoms with van der Waals surface area (Å²) in [6, 6.07) is -10.1. The summed E-state index contributed by atoms with van der Waals surface area (Å²) in [6.45, 7) is -1.53. The van der Waals surface area contributed by atoms with E-state index in [0.29, 0.717) is 12.8 Å². The molecule has 1 aliphatic rings. The third kappa shape index (κ3) is 23.4. The number of phenolic OH excluding ortho intramolecular Hbond substituents is 1. The van der Waals surface area contributed by atoms with Crippen LogP contribution in [0.4, 0.5) is 0 Å². The smallest absolute Gasteiger partial charge is 0.248 e. The number of aliphatic hydroxyl groups excluding tert-OH is 7. The largest absolute Gasteiger partial charge is 0.508 e. The number of amides is 11. The number of nitrogens with two attached hydrogens (primary N) is 3. The summed E-state index contributed by atoms with van der Waals surface area (Å²) >= 11 is 0. The van der Waals surface area contributed by atoms with Gasteiger partial charge in [0, 0.05) is 12.5 Å². The summed E-state index contributed by atoms with van der Waals surface area (Å²) in [6.07, 6.45) is -5.59. The molecule has 0 bridgehead atoms. The van der Waals surface area contributed by atoms with E-state index in [4.69, 9.17) is 17.2 Å². The van der Waals surface area contributed by atoms with Crippen LogP contribution in [0.2, 0.25) is 0 Å². The van der Waals surface area contributed by atoms with Crippen molar-refractivity contribution in [3.63, 3.8) is 0 Å². The van der Waals surface area contributed by atoms with Crippen molar-refractivity contribution in [1.29, 1.82) is 0 Å². The summed E-state index contributed by atoms with van der Waals surface area (Å²) in [7, 11) is 0.